The molecule has 1 aliphatic rings. The molecule has 27 heavy (non-hydrogen) atoms. The van der Waals surface area contributed by atoms with E-state index in [-0.39, 0.29) is 21.7 Å². The van der Waals surface area contributed by atoms with Gasteiger partial charge in [-0.15, -0.1) is 19.3 Å². The summed E-state index contributed by atoms with van der Waals surface area (Å²) in [5.41, 5.74) is 6.37. The van der Waals surface area contributed by atoms with Crippen LogP contribution in [0.5, 0.6) is 0 Å². The normalized spacial score (nSPS) is 9.74. The van der Waals surface area contributed by atoms with Gasteiger partial charge in [0.05, 0.1) is 0 Å². The maximum Gasteiger partial charge on any atom is 0.381 e. The van der Waals surface area contributed by atoms with Crippen molar-refractivity contribution in [3.8, 4) is 37.0 Å². The van der Waals surface area contributed by atoms with Gasteiger partial charge in [0.25, 0.3) is 0 Å². The molecule has 0 saturated carbocycles. The Morgan fingerprint density at radius 3 is 1.56 bits per heavy atom. The van der Waals surface area contributed by atoms with Gasteiger partial charge in [0.15, 0.2) is 0 Å². The molecular weight excluding hydrogens is 384 g/mol. The minimum absolute atomic E-state index is 0. The van der Waals surface area contributed by atoms with E-state index < -0.39 is 17.9 Å². The van der Waals surface area contributed by atoms with Gasteiger partial charge in [-0.3, -0.25) is 0 Å². The van der Waals surface area contributed by atoms with Crippen LogP contribution in [0.3, 0.4) is 0 Å². The van der Waals surface area contributed by atoms with E-state index in [1.54, 1.807) is 11.1 Å². The van der Waals surface area contributed by atoms with Gasteiger partial charge in [-0.2, -0.15) is 28.3 Å². The van der Waals surface area contributed by atoms with Crippen molar-refractivity contribution in [1.29, 1.82) is 0 Å². The van der Waals surface area contributed by atoms with Gasteiger partial charge in [-0.05, 0) is 0 Å². The Bertz CT molecular complexity index is 670. The number of hydrogen-bond acceptors (Lipinski definition) is 3. The molecule has 142 valence electrons. The molecule has 0 amide bonds. The molecule has 1 aliphatic carbocycles. The fourth-order valence-electron chi connectivity index (χ4n) is 2.27. The van der Waals surface area contributed by atoms with E-state index in [4.69, 9.17) is 29.7 Å². The van der Waals surface area contributed by atoms with Crippen LogP contribution in [-0.4, -0.2) is 33.2 Å². The molecule has 7 heteroatoms. The molecule has 0 unspecified atom stereocenters. The molecule has 1 aromatic carbocycles. The van der Waals surface area contributed by atoms with Crippen molar-refractivity contribution in [2.75, 3.05) is 0 Å². The summed E-state index contributed by atoms with van der Waals surface area (Å²) in [6.45, 7) is 4.49. The summed E-state index contributed by atoms with van der Waals surface area (Å²) in [7, 11) is 0. The van der Waals surface area contributed by atoms with Crippen LogP contribution in [0.15, 0.2) is 6.07 Å². The molecule has 1 aromatic rings. The van der Waals surface area contributed by atoms with Gasteiger partial charge >= 0.3 is 17.9 Å². The average molecular weight is 405 g/mol. The first-order valence-corrected chi connectivity index (χ1v) is 7.43. The largest absolute Gasteiger partial charge is 0.472 e. The number of terminal acetylenes is 3. The topological polar surface area (TPSA) is 112 Å². The summed E-state index contributed by atoms with van der Waals surface area (Å²) in [6.07, 6.45) is 18.4. The number of aliphatic carboxylic acids is 3. The second kappa shape index (κ2) is 16.6. The van der Waals surface area contributed by atoms with E-state index >= 15 is 0 Å². The zero-order valence-corrected chi connectivity index (χ0v) is 16.8. The van der Waals surface area contributed by atoms with E-state index in [1.165, 1.54) is 54.6 Å². The van der Waals surface area contributed by atoms with Gasteiger partial charge in [-0.25, -0.2) is 14.4 Å². The Morgan fingerprint density at radius 2 is 1.26 bits per heavy atom. The summed E-state index contributed by atoms with van der Waals surface area (Å²) in [4.78, 5) is 27.4. The Hall–Kier alpha value is -2.85. The van der Waals surface area contributed by atoms with E-state index in [1.807, 2.05) is 0 Å². The smallest absolute Gasteiger partial charge is 0.381 e. The zero-order valence-electron chi connectivity index (χ0n) is 15.2. The fourth-order valence-corrected chi connectivity index (χ4v) is 2.27. The fraction of sp³-hybridized carbons (Fsp3) is 0.300. The van der Waals surface area contributed by atoms with Crippen LogP contribution in [0, 0.1) is 50.9 Å². The van der Waals surface area contributed by atoms with Gasteiger partial charge in [0.2, 0.25) is 0 Å². The van der Waals surface area contributed by atoms with Crippen LogP contribution in [0.25, 0.3) is 0 Å². The molecule has 0 fully saturated rings. The molecule has 6 nitrogen and oxygen atoms in total. The molecule has 0 aromatic heterocycles. The van der Waals surface area contributed by atoms with Gasteiger partial charge in [-0.1, -0.05) is 39.5 Å². The second-order valence-electron chi connectivity index (χ2n) is 5.02. The Kier molecular flexibility index (Phi) is 17.8. The van der Waals surface area contributed by atoms with E-state index in [0.29, 0.717) is 0 Å². The van der Waals surface area contributed by atoms with Gasteiger partial charge in [0.1, 0.15) is 0 Å². The van der Waals surface area contributed by atoms with Crippen LogP contribution in [0.1, 0.15) is 35.1 Å². The molecule has 0 spiro atoms. The number of aryl methyl sites for hydroxylation is 2. The third kappa shape index (κ3) is 15.1. The first kappa shape index (κ1) is 28.9. The van der Waals surface area contributed by atoms with Crippen LogP contribution in [0.4, 0.5) is 0 Å². The number of carbonyl (C=O) groups is 3. The average Bonchev–Trinajstić information content (AvgIpc) is 2.91. The molecule has 0 radical (unpaired) electrons. The Labute approximate surface area is 174 Å². The molecule has 0 atom stereocenters. The standard InChI is InChI=1S/C11H15.3C3H2O2.Ti/c1-8-7-9(2)11-6-4-3-5-10(8)11;3*1-2-3(4)5;/h7H,3-6H2,1-2H3;3*1H,(H,4,5);/q-1;;;;. The molecule has 3 N–H and O–H groups in total. The van der Waals surface area contributed by atoms with Crippen LogP contribution >= 0.6 is 0 Å². The third-order valence-corrected chi connectivity index (χ3v) is 3.22. The van der Waals surface area contributed by atoms with Crippen molar-refractivity contribution in [1.82, 2.24) is 0 Å². The molecule has 0 saturated heterocycles. The van der Waals surface area contributed by atoms with Crippen molar-refractivity contribution in [3.05, 3.63) is 28.3 Å². The summed E-state index contributed by atoms with van der Waals surface area (Å²) in [5.74, 6) is 0.681. The van der Waals surface area contributed by atoms with E-state index in [2.05, 4.69) is 39.2 Å². The number of rotatable bonds is 0. The Balaban J connectivity index is -0.000000311. The third-order valence-electron chi connectivity index (χ3n) is 3.22. The van der Waals surface area contributed by atoms with Crippen molar-refractivity contribution in [2.45, 2.75) is 39.5 Å². The second-order valence-corrected chi connectivity index (χ2v) is 5.02. The monoisotopic (exact) mass is 405 g/mol. The van der Waals surface area contributed by atoms with Crippen molar-refractivity contribution < 1.29 is 51.4 Å². The Morgan fingerprint density at radius 1 is 0.926 bits per heavy atom. The van der Waals surface area contributed by atoms with Crippen LogP contribution in [-0.2, 0) is 48.9 Å². The van der Waals surface area contributed by atoms with Crippen molar-refractivity contribution >= 4 is 17.9 Å². The zero-order chi connectivity index (χ0) is 20.7. The first-order chi connectivity index (χ1) is 12.1. The molecule has 0 bridgehead atoms. The van der Waals surface area contributed by atoms with Gasteiger partial charge in [0, 0.05) is 39.5 Å². The first-order valence-electron chi connectivity index (χ1n) is 7.43. The van der Waals surface area contributed by atoms with Crippen molar-refractivity contribution in [3.63, 3.8) is 0 Å². The molecule has 0 heterocycles. The minimum atomic E-state index is -1.22. The minimum Gasteiger partial charge on any atom is -0.472 e. The maximum absolute atomic E-state index is 9.13. The van der Waals surface area contributed by atoms with Crippen LogP contribution in [0.2, 0.25) is 0 Å². The predicted octanol–water partition coefficient (Wildman–Crippen LogP) is 2.01. The summed E-state index contributed by atoms with van der Waals surface area (Å²) in [6, 6.07) is 2.34. The van der Waals surface area contributed by atoms with Crippen molar-refractivity contribution in [2.24, 2.45) is 0 Å². The SMILES string of the molecule is C#CC(=O)O.C#CC(=O)O.C#CC(=O)O.Cc1c[c-](C)c2c1CCCC2.[Ti]. The quantitative estimate of drug-likeness (QED) is 0.346. The van der Waals surface area contributed by atoms with E-state index in [0.717, 1.165) is 0 Å². The predicted molar refractivity (Wildman–Crippen MR) is 97.6 cm³/mol. The number of hydrogen-bond donors (Lipinski definition) is 3. The summed E-state index contributed by atoms with van der Waals surface area (Å²) >= 11 is 0. The summed E-state index contributed by atoms with van der Waals surface area (Å²) in [5, 5.41) is 22.5. The van der Waals surface area contributed by atoms with Gasteiger partial charge < -0.3 is 15.3 Å². The van der Waals surface area contributed by atoms with Crippen LogP contribution < -0.4 is 0 Å². The summed E-state index contributed by atoms with van der Waals surface area (Å²) < 4.78 is 0. The molecule has 2 rings (SSSR count). The molecule has 0 aliphatic heterocycles. The number of carboxylic acid groups (broad SMARTS) is 3. The maximum atomic E-state index is 9.13. The van der Waals surface area contributed by atoms with E-state index in [9.17, 15) is 0 Å². The number of fused-ring (bicyclic) bond motifs is 1. The molecular formula is C20H21O6Ti-. The number of carboxylic acids is 3.